The topological polar surface area (TPSA) is 78.9 Å². The number of aryl methyl sites for hydroxylation is 1. The highest BCUT2D eigenvalue weighted by molar-refractivity contribution is 9.10. The van der Waals surface area contributed by atoms with Crippen molar-refractivity contribution in [3.05, 3.63) is 28.2 Å². The number of carboxylic acids is 1. The smallest absolute Gasteiger partial charge is 0.328 e. The van der Waals surface area contributed by atoms with E-state index >= 15 is 0 Å². The number of ether oxygens (including phenoxy) is 1. The van der Waals surface area contributed by atoms with Gasteiger partial charge in [0.05, 0.1) is 13.2 Å². The molecule has 0 spiro atoms. The van der Waals surface area contributed by atoms with Gasteiger partial charge in [0.25, 0.3) is 0 Å². The first kappa shape index (κ1) is 14.8. The molecule has 0 radical (unpaired) electrons. The lowest BCUT2D eigenvalue weighted by molar-refractivity contribution is -0.147. The van der Waals surface area contributed by atoms with Crippen molar-refractivity contribution in [3.8, 4) is 0 Å². The molecule has 1 heterocycles. The van der Waals surface area contributed by atoms with Gasteiger partial charge in [0.15, 0.2) is 6.04 Å². The molecule has 6 nitrogen and oxygen atoms in total. The molecular formula is C13H15BrN2O4. The molecule has 0 aromatic heterocycles. The number of urea groups is 1. The number of morpholine rings is 1. The molecule has 2 N–H and O–H groups in total. The summed E-state index contributed by atoms with van der Waals surface area (Å²) >= 11 is 3.35. The maximum atomic E-state index is 12.2. The molecule has 2 amide bonds. The van der Waals surface area contributed by atoms with Crippen molar-refractivity contribution in [2.24, 2.45) is 0 Å². The van der Waals surface area contributed by atoms with Crippen LogP contribution in [0.2, 0.25) is 0 Å². The van der Waals surface area contributed by atoms with Crippen LogP contribution in [0, 0.1) is 6.92 Å². The van der Waals surface area contributed by atoms with Crippen LogP contribution in [-0.4, -0.2) is 47.8 Å². The minimum Gasteiger partial charge on any atom is -0.480 e. The van der Waals surface area contributed by atoms with Crippen LogP contribution in [0.25, 0.3) is 0 Å². The SMILES string of the molecule is Cc1cc(Br)cc(NC(=O)N2CCOCC2C(=O)O)c1. The van der Waals surface area contributed by atoms with E-state index in [1.54, 1.807) is 6.07 Å². The number of hydrogen-bond donors (Lipinski definition) is 2. The summed E-state index contributed by atoms with van der Waals surface area (Å²) in [6.07, 6.45) is 0. The van der Waals surface area contributed by atoms with Gasteiger partial charge in [-0.15, -0.1) is 0 Å². The van der Waals surface area contributed by atoms with Crippen molar-refractivity contribution >= 4 is 33.6 Å². The highest BCUT2D eigenvalue weighted by atomic mass is 79.9. The third-order valence-corrected chi connectivity index (χ3v) is 3.43. The first-order valence-electron chi connectivity index (χ1n) is 6.13. The summed E-state index contributed by atoms with van der Waals surface area (Å²) < 4.78 is 5.95. The Kier molecular flexibility index (Phi) is 4.61. The molecule has 1 atom stereocenters. The van der Waals surface area contributed by atoms with Gasteiger partial charge >= 0.3 is 12.0 Å². The Morgan fingerprint density at radius 1 is 1.45 bits per heavy atom. The molecule has 1 aliphatic heterocycles. The Balaban J connectivity index is 2.11. The number of nitrogens with one attached hydrogen (secondary N) is 1. The van der Waals surface area contributed by atoms with Gasteiger partial charge in [0.1, 0.15) is 0 Å². The standard InChI is InChI=1S/C13H15BrN2O4/c1-8-4-9(14)6-10(5-8)15-13(19)16-2-3-20-7-11(16)12(17)18/h4-6,11H,2-3,7H2,1H3,(H,15,19)(H,17,18). The molecular weight excluding hydrogens is 328 g/mol. The second-order valence-corrected chi connectivity index (χ2v) is 5.49. The van der Waals surface area contributed by atoms with Gasteiger partial charge < -0.3 is 20.1 Å². The number of aliphatic carboxylic acids is 1. The fourth-order valence-electron chi connectivity index (χ4n) is 2.06. The Hall–Kier alpha value is -1.60. The lowest BCUT2D eigenvalue weighted by Gasteiger charge is -2.32. The zero-order chi connectivity index (χ0) is 14.7. The number of benzene rings is 1. The highest BCUT2D eigenvalue weighted by Gasteiger charge is 2.32. The first-order chi connectivity index (χ1) is 9.47. The van der Waals surface area contributed by atoms with E-state index in [9.17, 15) is 9.59 Å². The van der Waals surface area contributed by atoms with Crippen molar-refractivity contribution in [3.63, 3.8) is 0 Å². The third kappa shape index (κ3) is 3.49. The molecule has 1 fully saturated rings. The molecule has 1 aromatic rings. The first-order valence-corrected chi connectivity index (χ1v) is 6.92. The molecule has 1 unspecified atom stereocenters. The zero-order valence-electron chi connectivity index (χ0n) is 10.9. The number of carbonyl (C=O) groups is 2. The fourth-order valence-corrected chi connectivity index (χ4v) is 2.66. The van der Waals surface area contributed by atoms with Crippen molar-refractivity contribution in [2.45, 2.75) is 13.0 Å². The minimum atomic E-state index is -1.06. The number of nitrogens with zero attached hydrogens (tertiary/aromatic N) is 1. The summed E-state index contributed by atoms with van der Waals surface area (Å²) in [7, 11) is 0. The lowest BCUT2D eigenvalue weighted by Crippen LogP contribution is -2.53. The molecule has 1 aliphatic rings. The normalized spacial score (nSPS) is 18.7. The predicted molar refractivity (Wildman–Crippen MR) is 76.8 cm³/mol. The predicted octanol–water partition coefficient (Wildman–Crippen LogP) is 2.07. The molecule has 1 saturated heterocycles. The van der Waals surface area contributed by atoms with Crippen LogP contribution in [0.4, 0.5) is 10.5 Å². The van der Waals surface area contributed by atoms with E-state index < -0.39 is 18.0 Å². The van der Waals surface area contributed by atoms with Crippen LogP contribution >= 0.6 is 15.9 Å². The number of carboxylic acid groups (broad SMARTS) is 1. The quantitative estimate of drug-likeness (QED) is 0.862. The van der Waals surface area contributed by atoms with Gasteiger partial charge in [0.2, 0.25) is 0 Å². The average molecular weight is 343 g/mol. The molecule has 1 aromatic carbocycles. The summed E-state index contributed by atoms with van der Waals surface area (Å²) in [5.41, 5.74) is 1.61. The number of rotatable bonds is 2. The van der Waals surface area contributed by atoms with E-state index in [0.29, 0.717) is 12.3 Å². The summed E-state index contributed by atoms with van der Waals surface area (Å²) in [4.78, 5) is 24.6. The molecule has 0 aliphatic carbocycles. The van der Waals surface area contributed by atoms with E-state index in [1.165, 1.54) is 4.90 Å². The van der Waals surface area contributed by atoms with E-state index in [0.717, 1.165) is 10.0 Å². The van der Waals surface area contributed by atoms with Crippen molar-refractivity contribution in [2.75, 3.05) is 25.1 Å². The Morgan fingerprint density at radius 3 is 2.85 bits per heavy atom. The molecule has 2 rings (SSSR count). The number of amides is 2. The summed E-state index contributed by atoms with van der Waals surface area (Å²) in [6, 6.07) is 4.12. The molecule has 0 saturated carbocycles. The monoisotopic (exact) mass is 342 g/mol. The molecule has 7 heteroatoms. The summed E-state index contributed by atoms with van der Waals surface area (Å²) in [5, 5.41) is 11.8. The second-order valence-electron chi connectivity index (χ2n) is 4.57. The molecule has 20 heavy (non-hydrogen) atoms. The highest BCUT2D eigenvalue weighted by Crippen LogP contribution is 2.20. The fraction of sp³-hybridized carbons (Fsp3) is 0.385. The van der Waals surface area contributed by atoms with Gasteiger partial charge in [-0.25, -0.2) is 9.59 Å². The molecule has 108 valence electrons. The van der Waals surface area contributed by atoms with Crippen LogP contribution in [0.15, 0.2) is 22.7 Å². The Morgan fingerprint density at radius 2 is 2.20 bits per heavy atom. The van der Waals surface area contributed by atoms with Crippen molar-refractivity contribution in [1.82, 2.24) is 4.90 Å². The zero-order valence-corrected chi connectivity index (χ0v) is 12.5. The van der Waals surface area contributed by atoms with E-state index in [-0.39, 0.29) is 13.2 Å². The summed E-state index contributed by atoms with van der Waals surface area (Å²) in [6.45, 7) is 2.53. The third-order valence-electron chi connectivity index (χ3n) is 2.97. The van der Waals surface area contributed by atoms with Gasteiger partial charge in [-0.2, -0.15) is 0 Å². The van der Waals surface area contributed by atoms with Crippen molar-refractivity contribution < 1.29 is 19.4 Å². The van der Waals surface area contributed by atoms with E-state index in [1.807, 2.05) is 19.1 Å². The largest absolute Gasteiger partial charge is 0.480 e. The van der Waals surface area contributed by atoms with Crippen molar-refractivity contribution in [1.29, 1.82) is 0 Å². The molecule has 0 bridgehead atoms. The number of carbonyl (C=O) groups excluding carboxylic acids is 1. The maximum absolute atomic E-state index is 12.2. The average Bonchev–Trinajstić information content (AvgIpc) is 2.37. The summed E-state index contributed by atoms with van der Waals surface area (Å²) in [5.74, 6) is -1.06. The van der Waals surface area contributed by atoms with Crippen LogP contribution < -0.4 is 5.32 Å². The van der Waals surface area contributed by atoms with Gasteiger partial charge in [0, 0.05) is 16.7 Å². The lowest BCUT2D eigenvalue weighted by atomic mass is 10.2. The maximum Gasteiger partial charge on any atom is 0.328 e. The Bertz CT molecular complexity index is 515. The van der Waals surface area contributed by atoms with Crippen LogP contribution in [0.3, 0.4) is 0 Å². The van der Waals surface area contributed by atoms with E-state index in [2.05, 4.69) is 21.2 Å². The number of halogens is 1. The Labute approximate surface area is 124 Å². The number of anilines is 1. The van der Waals surface area contributed by atoms with Crippen LogP contribution in [0.1, 0.15) is 5.56 Å². The van der Waals surface area contributed by atoms with Gasteiger partial charge in [-0.3, -0.25) is 0 Å². The van der Waals surface area contributed by atoms with Crippen LogP contribution in [0.5, 0.6) is 0 Å². The number of hydrogen-bond acceptors (Lipinski definition) is 3. The second kappa shape index (κ2) is 6.23. The van der Waals surface area contributed by atoms with E-state index in [4.69, 9.17) is 9.84 Å². The van der Waals surface area contributed by atoms with Gasteiger partial charge in [-0.05, 0) is 30.7 Å². The van der Waals surface area contributed by atoms with Crippen LogP contribution in [-0.2, 0) is 9.53 Å². The van der Waals surface area contributed by atoms with Gasteiger partial charge in [-0.1, -0.05) is 15.9 Å². The minimum absolute atomic E-state index is 0.0142.